The molecule has 96 valence electrons. The fourth-order valence-corrected chi connectivity index (χ4v) is 2.02. The van der Waals surface area contributed by atoms with E-state index in [-0.39, 0.29) is 18.5 Å². The number of hydrogen-bond donors (Lipinski definition) is 1. The van der Waals surface area contributed by atoms with Crippen molar-refractivity contribution in [2.24, 2.45) is 0 Å². The van der Waals surface area contributed by atoms with Crippen LogP contribution >= 0.6 is 0 Å². The number of rotatable bonds is 4. The molecule has 0 aromatic heterocycles. The van der Waals surface area contributed by atoms with Gasteiger partial charge in [-0.3, -0.25) is 9.59 Å². The summed E-state index contributed by atoms with van der Waals surface area (Å²) in [4.78, 5) is 21.5. The van der Waals surface area contributed by atoms with E-state index in [4.69, 9.17) is 4.74 Å². The van der Waals surface area contributed by atoms with Crippen LogP contribution in [0.5, 0.6) is 5.75 Å². The Kier molecular flexibility index (Phi) is 3.82. The summed E-state index contributed by atoms with van der Waals surface area (Å²) in [6.07, 6.45) is 2.38. The van der Waals surface area contributed by atoms with Crippen LogP contribution < -0.4 is 10.1 Å². The van der Waals surface area contributed by atoms with Gasteiger partial charge in [0.25, 0.3) is 0 Å². The molecule has 1 atom stereocenters. The molecular weight excluding hydrogens is 234 g/mol. The average Bonchev–Trinajstić information content (AvgIpc) is 2.39. The minimum Gasteiger partial charge on any atom is -0.490 e. The summed E-state index contributed by atoms with van der Waals surface area (Å²) >= 11 is 0. The molecule has 1 aromatic rings. The highest BCUT2D eigenvalue weighted by atomic mass is 16.5. The predicted octanol–water partition coefficient (Wildman–Crippen LogP) is 1.51. The van der Waals surface area contributed by atoms with E-state index in [0.717, 1.165) is 29.8 Å². The maximum Gasteiger partial charge on any atom is 0.309 e. The maximum absolute atomic E-state index is 11.2. The lowest BCUT2D eigenvalue weighted by Gasteiger charge is -2.25. The number of aryl methyl sites for hydroxylation is 1. The first-order chi connectivity index (χ1) is 8.72. The zero-order valence-electron chi connectivity index (χ0n) is 10.1. The third kappa shape index (κ3) is 2.80. The van der Waals surface area contributed by atoms with Gasteiger partial charge >= 0.3 is 5.97 Å². The van der Waals surface area contributed by atoms with E-state index in [1.165, 1.54) is 7.11 Å². The first-order valence-corrected chi connectivity index (χ1v) is 5.79. The van der Waals surface area contributed by atoms with Crippen LogP contribution in [0, 0.1) is 0 Å². The molecule has 1 heterocycles. The van der Waals surface area contributed by atoms with Crippen molar-refractivity contribution in [2.75, 3.05) is 12.4 Å². The van der Waals surface area contributed by atoms with Crippen LogP contribution in [0.1, 0.15) is 18.4 Å². The lowest BCUT2D eigenvalue weighted by Crippen LogP contribution is -2.26. The van der Waals surface area contributed by atoms with Gasteiger partial charge in [0, 0.05) is 5.69 Å². The zero-order chi connectivity index (χ0) is 13.0. The maximum atomic E-state index is 11.2. The third-order valence-corrected chi connectivity index (χ3v) is 2.94. The number of methoxy groups -OCH3 is 1. The predicted molar refractivity (Wildman–Crippen MR) is 65.5 cm³/mol. The number of esters is 1. The monoisotopic (exact) mass is 249 g/mol. The number of fused-ring (bicyclic) bond motifs is 1. The first kappa shape index (κ1) is 12.4. The number of carbonyl (C=O) groups excluding carboxylic acids is 2. The Bertz CT molecular complexity index is 458. The van der Waals surface area contributed by atoms with E-state index in [2.05, 4.69) is 10.1 Å². The molecular formula is C13H15NO4. The molecule has 0 saturated carbocycles. The van der Waals surface area contributed by atoms with Crippen LogP contribution in [0.4, 0.5) is 5.69 Å². The highest BCUT2D eigenvalue weighted by molar-refractivity contribution is 5.72. The topological polar surface area (TPSA) is 64.6 Å². The molecule has 0 saturated heterocycles. The van der Waals surface area contributed by atoms with E-state index < -0.39 is 0 Å². The molecule has 1 amide bonds. The van der Waals surface area contributed by atoms with Crippen molar-refractivity contribution in [3.8, 4) is 5.75 Å². The average molecular weight is 249 g/mol. The molecule has 1 unspecified atom stereocenters. The minimum absolute atomic E-state index is 0.130. The van der Waals surface area contributed by atoms with E-state index >= 15 is 0 Å². The van der Waals surface area contributed by atoms with E-state index in [9.17, 15) is 9.59 Å². The van der Waals surface area contributed by atoms with Crippen LogP contribution in [0.25, 0.3) is 0 Å². The van der Waals surface area contributed by atoms with Crippen LogP contribution in [0.2, 0.25) is 0 Å². The van der Waals surface area contributed by atoms with Gasteiger partial charge in [-0.25, -0.2) is 0 Å². The highest BCUT2D eigenvalue weighted by Crippen LogP contribution is 2.30. The second-order valence-corrected chi connectivity index (χ2v) is 4.14. The van der Waals surface area contributed by atoms with Gasteiger partial charge in [0.15, 0.2) is 0 Å². The van der Waals surface area contributed by atoms with Gasteiger partial charge in [-0.2, -0.15) is 0 Å². The molecule has 0 aliphatic carbocycles. The van der Waals surface area contributed by atoms with Gasteiger partial charge in [-0.1, -0.05) is 0 Å². The van der Waals surface area contributed by atoms with Crippen molar-refractivity contribution >= 4 is 18.1 Å². The van der Waals surface area contributed by atoms with Gasteiger partial charge in [0.1, 0.15) is 11.9 Å². The largest absolute Gasteiger partial charge is 0.490 e. The molecule has 1 N–H and O–H groups in total. The van der Waals surface area contributed by atoms with E-state index in [1.807, 2.05) is 12.1 Å². The first-order valence-electron chi connectivity index (χ1n) is 5.79. The standard InChI is InChI=1S/C13H15NO4/c1-17-13(16)7-11-4-2-9-6-10(14-8-15)3-5-12(9)18-11/h3,5-6,8,11H,2,4,7H2,1H3,(H,14,15). The van der Waals surface area contributed by atoms with Gasteiger partial charge in [0.05, 0.1) is 13.5 Å². The number of ether oxygens (including phenoxy) is 2. The molecule has 5 heteroatoms. The summed E-state index contributed by atoms with van der Waals surface area (Å²) < 4.78 is 10.3. The number of hydrogen-bond acceptors (Lipinski definition) is 4. The number of benzene rings is 1. The molecule has 0 bridgehead atoms. The minimum atomic E-state index is -0.261. The molecule has 5 nitrogen and oxygen atoms in total. The number of nitrogens with one attached hydrogen (secondary N) is 1. The summed E-state index contributed by atoms with van der Waals surface area (Å²) in [7, 11) is 1.37. The van der Waals surface area contributed by atoms with Gasteiger partial charge in [0.2, 0.25) is 6.41 Å². The molecule has 1 aromatic carbocycles. The van der Waals surface area contributed by atoms with Crippen LogP contribution in [0.3, 0.4) is 0 Å². The molecule has 18 heavy (non-hydrogen) atoms. The quantitative estimate of drug-likeness (QED) is 0.649. The summed E-state index contributed by atoms with van der Waals surface area (Å²) in [6, 6.07) is 5.47. The van der Waals surface area contributed by atoms with Crippen LogP contribution in [-0.4, -0.2) is 25.6 Å². The highest BCUT2D eigenvalue weighted by Gasteiger charge is 2.22. The Morgan fingerprint density at radius 1 is 1.61 bits per heavy atom. The smallest absolute Gasteiger partial charge is 0.309 e. The van der Waals surface area contributed by atoms with Crippen molar-refractivity contribution in [2.45, 2.75) is 25.4 Å². The second-order valence-electron chi connectivity index (χ2n) is 4.14. The lowest BCUT2D eigenvalue weighted by molar-refractivity contribution is -0.142. The fraction of sp³-hybridized carbons (Fsp3) is 0.385. The molecule has 0 radical (unpaired) electrons. The Morgan fingerprint density at radius 2 is 2.44 bits per heavy atom. The van der Waals surface area contributed by atoms with Crippen molar-refractivity contribution in [3.63, 3.8) is 0 Å². The van der Waals surface area contributed by atoms with Crippen LogP contribution in [0.15, 0.2) is 18.2 Å². The van der Waals surface area contributed by atoms with E-state index in [1.54, 1.807) is 6.07 Å². The Hall–Kier alpha value is -2.04. The SMILES string of the molecule is COC(=O)CC1CCc2cc(NC=O)ccc2O1. The molecule has 1 aliphatic heterocycles. The molecule has 0 fully saturated rings. The lowest BCUT2D eigenvalue weighted by atomic mass is 10.00. The molecule has 2 rings (SSSR count). The van der Waals surface area contributed by atoms with Crippen LogP contribution in [-0.2, 0) is 20.7 Å². The van der Waals surface area contributed by atoms with Gasteiger partial charge in [-0.05, 0) is 36.6 Å². The Labute approximate surface area is 105 Å². The number of amides is 1. The van der Waals surface area contributed by atoms with Gasteiger partial charge in [-0.15, -0.1) is 0 Å². The normalized spacial score (nSPS) is 17.3. The number of anilines is 1. The third-order valence-electron chi connectivity index (χ3n) is 2.94. The fourth-order valence-electron chi connectivity index (χ4n) is 2.02. The number of carbonyl (C=O) groups is 2. The molecule has 0 spiro atoms. The van der Waals surface area contributed by atoms with E-state index in [0.29, 0.717) is 6.41 Å². The second kappa shape index (κ2) is 5.53. The summed E-state index contributed by atoms with van der Waals surface area (Å²) in [5, 5.41) is 2.60. The zero-order valence-corrected chi connectivity index (χ0v) is 10.1. The van der Waals surface area contributed by atoms with Crippen molar-refractivity contribution in [1.82, 2.24) is 0 Å². The Morgan fingerprint density at radius 3 is 3.17 bits per heavy atom. The summed E-state index contributed by atoms with van der Waals surface area (Å²) in [5.41, 5.74) is 1.79. The van der Waals surface area contributed by atoms with Gasteiger partial charge < -0.3 is 14.8 Å². The summed E-state index contributed by atoms with van der Waals surface area (Å²) in [6.45, 7) is 0. The van der Waals surface area contributed by atoms with Crippen molar-refractivity contribution < 1.29 is 19.1 Å². The Balaban J connectivity index is 2.06. The van der Waals surface area contributed by atoms with Crippen molar-refractivity contribution in [1.29, 1.82) is 0 Å². The van der Waals surface area contributed by atoms with Crippen molar-refractivity contribution in [3.05, 3.63) is 23.8 Å². The molecule has 1 aliphatic rings. The summed E-state index contributed by atoms with van der Waals surface area (Å²) in [5.74, 6) is 0.509.